The Bertz CT molecular complexity index is 493. The van der Waals surface area contributed by atoms with Gasteiger partial charge in [0.1, 0.15) is 0 Å². The number of benzene rings is 1. The summed E-state index contributed by atoms with van der Waals surface area (Å²) in [5.74, 6) is 0. The lowest BCUT2D eigenvalue weighted by atomic mass is 9.80. The van der Waals surface area contributed by atoms with Gasteiger partial charge in [-0.2, -0.15) is 0 Å². The molecule has 0 saturated carbocycles. The molecule has 1 N–H and O–H groups in total. The minimum atomic E-state index is -0.662. The highest BCUT2D eigenvalue weighted by Crippen LogP contribution is 2.36. The summed E-state index contributed by atoms with van der Waals surface area (Å²) >= 11 is 0. The first-order valence-corrected chi connectivity index (χ1v) is 7.82. The second-order valence-corrected chi connectivity index (χ2v) is 6.74. The number of rotatable bonds is 3. The maximum absolute atomic E-state index is 10.9. The minimum Gasteiger partial charge on any atom is -0.386 e. The molecule has 0 radical (unpaired) electrons. The fraction of sp³-hybridized carbons (Fsp3) is 0.556. The van der Waals surface area contributed by atoms with E-state index in [2.05, 4.69) is 49.1 Å². The summed E-state index contributed by atoms with van der Waals surface area (Å²) in [7, 11) is 0. The molecular weight excluding hydrogens is 262 g/mol. The molecule has 3 nitrogen and oxygen atoms in total. The van der Waals surface area contributed by atoms with Gasteiger partial charge in [-0.1, -0.05) is 42.0 Å². The largest absolute Gasteiger partial charge is 0.386 e. The Morgan fingerprint density at radius 1 is 1.24 bits per heavy atom. The summed E-state index contributed by atoms with van der Waals surface area (Å²) in [5.41, 5.74) is 1.86. The van der Waals surface area contributed by atoms with Crippen molar-refractivity contribution in [1.82, 2.24) is 4.90 Å². The summed E-state index contributed by atoms with van der Waals surface area (Å²) in [4.78, 5) is 2.52. The van der Waals surface area contributed by atoms with E-state index >= 15 is 0 Å². The van der Waals surface area contributed by atoms with E-state index in [0.717, 1.165) is 32.6 Å². The maximum Gasteiger partial charge on any atom is 0.0861 e. The van der Waals surface area contributed by atoms with Crippen LogP contribution in [-0.2, 0) is 11.3 Å². The van der Waals surface area contributed by atoms with E-state index in [-0.39, 0.29) is 0 Å². The Labute approximate surface area is 127 Å². The molecule has 0 aliphatic carbocycles. The van der Waals surface area contributed by atoms with Gasteiger partial charge in [0, 0.05) is 18.6 Å². The van der Waals surface area contributed by atoms with Gasteiger partial charge in [0.25, 0.3) is 0 Å². The molecule has 2 fully saturated rings. The first-order valence-electron chi connectivity index (χ1n) is 7.82. The number of hydrogen-bond donors (Lipinski definition) is 1. The highest BCUT2D eigenvalue weighted by atomic mass is 16.5. The number of allylic oxidation sites excluding steroid dienone is 1. The van der Waals surface area contributed by atoms with Gasteiger partial charge in [-0.3, -0.25) is 4.90 Å². The van der Waals surface area contributed by atoms with Crippen molar-refractivity contribution < 1.29 is 9.84 Å². The molecule has 114 valence electrons. The number of morpholine rings is 1. The number of fused-ring (bicyclic) bond motifs is 2. The normalized spacial score (nSPS) is 32.7. The zero-order chi connectivity index (χ0) is 14.9. The predicted molar refractivity (Wildman–Crippen MR) is 84.0 cm³/mol. The highest BCUT2D eigenvalue weighted by Gasteiger charge is 2.44. The molecule has 2 heterocycles. The SMILES string of the molecule is CC(C)=CC1(O)CC2COCC(C1)N2Cc1ccccc1. The second kappa shape index (κ2) is 5.91. The van der Waals surface area contributed by atoms with Crippen molar-refractivity contribution in [2.45, 2.75) is 50.9 Å². The van der Waals surface area contributed by atoms with Crippen LogP contribution in [0.1, 0.15) is 32.3 Å². The van der Waals surface area contributed by atoms with Gasteiger partial charge in [0.2, 0.25) is 0 Å². The number of piperidine rings is 1. The number of aliphatic hydroxyl groups is 1. The summed E-state index contributed by atoms with van der Waals surface area (Å²) in [5, 5.41) is 10.9. The Hall–Kier alpha value is -1.16. The first kappa shape index (κ1) is 14.8. The van der Waals surface area contributed by atoms with Gasteiger partial charge < -0.3 is 9.84 Å². The van der Waals surface area contributed by atoms with Crippen LogP contribution in [0.25, 0.3) is 0 Å². The Morgan fingerprint density at radius 2 is 1.86 bits per heavy atom. The molecule has 2 saturated heterocycles. The second-order valence-electron chi connectivity index (χ2n) is 6.74. The van der Waals surface area contributed by atoms with E-state index in [1.54, 1.807) is 0 Å². The highest BCUT2D eigenvalue weighted by molar-refractivity contribution is 5.17. The molecular formula is C18H25NO2. The van der Waals surface area contributed by atoms with Crippen LogP contribution in [-0.4, -0.2) is 40.9 Å². The van der Waals surface area contributed by atoms with E-state index < -0.39 is 5.60 Å². The summed E-state index contributed by atoms with van der Waals surface area (Å²) in [6.07, 6.45) is 3.57. The molecule has 0 aromatic heterocycles. The molecule has 2 aliphatic rings. The third kappa shape index (κ3) is 3.37. The summed E-state index contributed by atoms with van der Waals surface area (Å²) < 4.78 is 5.73. The topological polar surface area (TPSA) is 32.7 Å². The van der Waals surface area contributed by atoms with Crippen LogP contribution in [0.3, 0.4) is 0 Å². The van der Waals surface area contributed by atoms with E-state index in [4.69, 9.17) is 4.74 Å². The van der Waals surface area contributed by atoms with E-state index in [1.165, 1.54) is 11.1 Å². The molecule has 1 aromatic rings. The standard InChI is InChI=1S/C18H25NO2/c1-14(2)8-18(20)9-16-12-21-13-17(10-18)19(16)11-15-6-4-3-5-7-15/h3-8,16-17,20H,9-13H2,1-2H3. The van der Waals surface area contributed by atoms with Crippen LogP contribution in [0.4, 0.5) is 0 Å². The van der Waals surface area contributed by atoms with Gasteiger partial charge in [-0.15, -0.1) is 0 Å². The molecule has 3 heteroatoms. The molecule has 2 bridgehead atoms. The average molecular weight is 287 g/mol. The lowest BCUT2D eigenvalue weighted by molar-refractivity contribution is -0.130. The third-order valence-electron chi connectivity index (χ3n) is 4.50. The van der Waals surface area contributed by atoms with Crippen LogP contribution in [0.2, 0.25) is 0 Å². The maximum atomic E-state index is 10.9. The smallest absolute Gasteiger partial charge is 0.0861 e. The fourth-order valence-corrected chi connectivity index (χ4v) is 3.79. The molecule has 0 amide bonds. The lowest BCUT2D eigenvalue weighted by Gasteiger charge is -2.51. The quantitative estimate of drug-likeness (QED) is 0.868. The number of nitrogens with zero attached hydrogens (tertiary/aromatic N) is 1. The van der Waals surface area contributed by atoms with Crippen LogP contribution < -0.4 is 0 Å². The van der Waals surface area contributed by atoms with Crippen molar-refractivity contribution in [2.24, 2.45) is 0 Å². The zero-order valence-corrected chi connectivity index (χ0v) is 13.0. The molecule has 3 rings (SSSR count). The van der Waals surface area contributed by atoms with Gasteiger partial charge in [0.15, 0.2) is 0 Å². The van der Waals surface area contributed by atoms with E-state index in [1.807, 2.05) is 6.08 Å². The van der Waals surface area contributed by atoms with Gasteiger partial charge >= 0.3 is 0 Å². The monoisotopic (exact) mass is 287 g/mol. The van der Waals surface area contributed by atoms with Gasteiger partial charge in [-0.05, 0) is 32.3 Å². The van der Waals surface area contributed by atoms with E-state index in [9.17, 15) is 5.11 Å². The van der Waals surface area contributed by atoms with Gasteiger partial charge in [-0.25, -0.2) is 0 Å². The van der Waals surface area contributed by atoms with Crippen LogP contribution in [0.15, 0.2) is 42.0 Å². The first-order chi connectivity index (χ1) is 10.1. The Balaban J connectivity index is 1.77. The van der Waals surface area contributed by atoms with Crippen LogP contribution in [0.5, 0.6) is 0 Å². The summed E-state index contributed by atoms with van der Waals surface area (Å²) in [6.45, 7) is 6.51. The minimum absolute atomic E-state index is 0.304. The fourth-order valence-electron chi connectivity index (χ4n) is 3.79. The third-order valence-corrected chi connectivity index (χ3v) is 4.50. The molecule has 2 unspecified atom stereocenters. The Kier molecular flexibility index (Phi) is 4.16. The van der Waals surface area contributed by atoms with Crippen molar-refractivity contribution >= 4 is 0 Å². The van der Waals surface area contributed by atoms with Crippen molar-refractivity contribution in [3.63, 3.8) is 0 Å². The number of ether oxygens (including phenoxy) is 1. The summed E-state index contributed by atoms with van der Waals surface area (Å²) in [6, 6.07) is 11.2. The van der Waals surface area contributed by atoms with Crippen molar-refractivity contribution in [3.8, 4) is 0 Å². The molecule has 2 atom stereocenters. The van der Waals surface area contributed by atoms with Crippen molar-refractivity contribution in [2.75, 3.05) is 13.2 Å². The van der Waals surface area contributed by atoms with Gasteiger partial charge in [0.05, 0.1) is 18.8 Å². The predicted octanol–water partition coefficient (Wildman–Crippen LogP) is 2.75. The lowest BCUT2D eigenvalue weighted by Crippen LogP contribution is -2.60. The van der Waals surface area contributed by atoms with Crippen molar-refractivity contribution in [1.29, 1.82) is 0 Å². The zero-order valence-electron chi connectivity index (χ0n) is 13.0. The Morgan fingerprint density at radius 3 is 2.43 bits per heavy atom. The van der Waals surface area contributed by atoms with E-state index in [0.29, 0.717) is 12.1 Å². The molecule has 21 heavy (non-hydrogen) atoms. The number of hydrogen-bond acceptors (Lipinski definition) is 3. The molecule has 1 aromatic carbocycles. The molecule has 2 aliphatic heterocycles. The van der Waals surface area contributed by atoms with Crippen LogP contribution in [0, 0.1) is 0 Å². The molecule has 0 spiro atoms. The van der Waals surface area contributed by atoms with Crippen LogP contribution >= 0.6 is 0 Å². The average Bonchev–Trinajstić information content (AvgIpc) is 2.40. The van der Waals surface area contributed by atoms with Crippen molar-refractivity contribution in [3.05, 3.63) is 47.5 Å².